The van der Waals surface area contributed by atoms with E-state index in [1.165, 1.54) is 22.5 Å². The SMILES string of the molecule is CCOC(=O)c1c(-c2ccc(C)c(C)c2)csc1NC(=S)NC(=O)COc1ccc(C(C)C)c(C)c1. The van der Waals surface area contributed by atoms with Crippen LogP contribution < -0.4 is 15.4 Å². The Morgan fingerprint density at radius 1 is 1.03 bits per heavy atom. The van der Waals surface area contributed by atoms with Crippen LogP contribution in [0.2, 0.25) is 0 Å². The van der Waals surface area contributed by atoms with Crippen molar-refractivity contribution < 1.29 is 19.1 Å². The highest BCUT2D eigenvalue weighted by Gasteiger charge is 2.23. The molecule has 1 amide bonds. The van der Waals surface area contributed by atoms with Crippen molar-refractivity contribution in [1.82, 2.24) is 5.32 Å². The van der Waals surface area contributed by atoms with E-state index in [0.29, 0.717) is 22.2 Å². The summed E-state index contributed by atoms with van der Waals surface area (Å²) in [4.78, 5) is 25.3. The van der Waals surface area contributed by atoms with Gasteiger partial charge in [-0.3, -0.25) is 10.1 Å². The molecule has 0 unspecified atom stereocenters. The van der Waals surface area contributed by atoms with Gasteiger partial charge in [0, 0.05) is 10.9 Å². The molecule has 1 heterocycles. The molecule has 36 heavy (non-hydrogen) atoms. The quantitative estimate of drug-likeness (QED) is 0.258. The van der Waals surface area contributed by atoms with Crippen molar-refractivity contribution in [1.29, 1.82) is 0 Å². The third-order valence-electron chi connectivity index (χ3n) is 5.80. The summed E-state index contributed by atoms with van der Waals surface area (Å²) in [6.07, 6.45) is 0. The molecule has 0 radical (unpaired) electrons. The second kappa shape index (κ2) is 12.1. The van der Waals surface area contributed by atoms with E-state index >= 15 is 0 Å². The Balaban J connectivity index is 1.69. The number of thiocarbonyl (C=S) groups is 1. The van der Waals surface area contributed by atoms with Crippen molar-refractivity contribution in [2.45, 2.75) is 47.5 Å². The first-order valence-electron chi connectivity index (χ1n) is 11.8. The Kier molecular flexibility index (Phi) is 9.23. The van der Waals surface area contributed by atoms with Crippen LogP contribution in [0, 0.1) is 20.8 Å². The van der Waals surface area contributed by atoms with Crippen LogP contribution in [0.4, 0.5) is 5.00 Å². The number of anilines is 1. The molecule has 0 aliphatic heterocycles. The Morgan fingerprint density at radius 3 is 2.42 bits per heavy atom. The zero-order valence-electron chi connectivity index (χ0n) is 21.5. The maximum atomic E-state index is 12.8. The highest BCUT2D eigenvalue weighted by atomic mass is 32.1. The van der Waals surface area contributed by atoms with E-state index in [9.17, 15) is 9.59 Å². The molecule has 3 aromatic rings. The van der Waals surface area contributed by atoms with Gasteiger partial charge in [-0.05, 0) is 85.8 Å². The largest absolute Gasteiger partial charge is 0.484 e. The van der Waals surface area contributed by atoms with Crippen molar-refractivity contribution in [3.8, 4) is 16.9 Å². The average molecular weight is 525 g/mol. The van der Waals surface area contributed by atoms with Crippen LogP contribution in [-0.2, 0) is 9.53 Å². The minimum absolute atomic E-state index is 0.0778. The normalized spacial score (nSPS) is 10.8. The lowest BCUT2D eigenvalue weighted by molar-refractivity contribution is -0.121. The summed E-state index contributed by atoms with van der Waals surface area (Å²) in [6.45, 7) is 12.2. The van der Waals surface area contributed by atoms with Gasteiger partial charge in [-0.1, -0.05) is 38.1 Å². The molecule has 1 aromatic heterocycles. The fourth-order valence-electron chi connectivity index (χ4n) is 3.81. The fraction of sp³-hybridized carbons (Fsp3) is 0.321. The van der Waals surface area contributed by atoms with Crippen LogP contribution in [-0.4, -0.2) is 30.2 Å². The molecule has 0 saturated heterocycles. The number of aryl methyl sites for hydroxylation is 3. The third kappa shape index (κ3) is 6.71. The Bertz CT molecular complexity index is 1280. The number of hydrogen-bond acceptors (Lipinski definition) is 6. The Hall–Kier alpha value is -3.23. The molecule has 2 aromatic carbocycles. The predicted octanol–water partition coefficient (Wildman–Crippen LogP) is 6.53. The van der Waals surface area contributed by atoms with Crippen LogP contribution in [0.1, 0.15) is 59.3 Å². The summed E-state index contributed by atoms with van der Waals surface area (Å²) >= 11 is 6.66. The highest BCUT2D eigenvalue weighted by Crippen LogP contribution is 2.37. The number of thiophene rings is 1. The number of ether oxygens (including phenoxy) is 2. The van der Waals surface area contributed by atoms with Crippen LogP contribution in [0.25, 0.3) is 11.1 Å². The standard InChI is InChI=1S/C28H32N2O4S2/c1-7-33-27(32)25-23(20-9-8-17(4)18(5)12-20)15-36-26(25)30-28(35)29-24(31)14-34-21-10-11-22(16(2)3)19(6)13-21/h8-13,15-16H,7,14H2,1-6H3,(H2,29,30,31,35). The zero-order valence-corrected chi connectivity index (χ0v) is 23.1. The molecule has 0 aliphatic carbocycles. The van der Waals surface area contributed by atoms with Gasteiger partial charge in [-0.25, -0.2) is 4.79 Å². The van der Waals surface area contributed by atoms with E-state index < -0.39 is 11.9 Å². The molecule has 3 rings (SSSR count). The zero-order chi connectivity index (χ0) is 26.4. The first-order valence-corrected chi connectivity index (χ1v) is 13.1. The van der Waals surface area contributed by atoms with Crippen molar-refractivity contribution >= 4 is 45.5 Å². The molecule has 0 spiro atoms. The number of hydrogen-bond donors (Lipinski definition) is 2. The van der Waals surface area contributed by atoms with E-state index in [2.05, 4.69) is 24.5 Å². The number of nitrogens with one attached hydrogen (secondary N) is 2. The van der Waals surface area contributed by atoms with E-state index in [1.807, 2.05) is 62.5 Å². The molecule has 6 nitrogen and oxygen atoms in total. The Morgan fingerprint density at radius 2 is 1.78 bits per heavy atom. The molecular formula is C28H32N2O4S2. The van der Waals surface area contributed by atoms with E-state index in [-0.39, 0.29) is 18.3 Å². The number of carbonyl (C=O) groups is 2. The van der Waals surface area contributed by atoms with Gasteiger partial charge in [0.05, 0.1) is 6.61 Å². The van der Waals surface area contributed by atoms with Gasteiger partial charge in [0.25, 0.3) is 5.91 Å². The summed E-state index contributed by atoms with van der Waals surface area (Å²) in [7, 11) is 0. The molecule has 2 N–H and O–H groups in total. The maximum Gasteiger partial charge on any atom is 0.341 e. The first-order chi connectivity index (χ1) is 17.1. The average Bonchev–Trinajstić information content (AvgIpc) is 3.22. The fourth-order valence-corrected chi connectivity index (χ4v) is 5.05. The molecule has 0 bridgehead atoms. The van der Waals surface area contributed by atoms with E-state index in [4.69, 9.17) is 21.7 Å². The lowest BCUT2D eigenvalue weighted by Crippen LogP contribution is -2.37. The highest BCUT2D eigenvalue weighted by molar-refractivity contribution is 7.80. The van der Waals surface area contributed by atoms with Gasteiger partial charge < -0.3 is 14.8 Å². The molecule has 190 valence electrons. The number of benzene rings is 2. The smallest absolute Gasteiger partial charge is 0.341 e. The number of carbonyl (C=O) groups excluding carboxylic acids is 2. The lowest BCUT2D eigenvalue weighted by Gasteiger charge is -2.13. The second-order valence-electron chi connectivity index (χ2n) is 8.84. The van der Waals surface area contributed by atoms with Gasteiger partial charge in [-0.15, -0.1) is 11.3 Å². The number of amides is 1. The summed E-state index contributed by atoms with van der Waals surface area (Å²) in [5.41, 5.74) is 6.70. The minimum atomic E-state index is -0.452. The topological polar surface area (TPSA) is 76.7 Å². The van der Waals surface area contributed by atoms with Crippen LogP contribution in [0.3, 0.4) is 0 Å². The van der Waals surface area contributed by atoms with Crippen molar-refractivity contribution in [3.05, 3.63) is 69.6 Å². The molecule has 0 atom stereocenters. The van der Waals surface area contributed by atoms with Crippen molar-refractivity contribution in [2.75, 3.05) is 18.5 Å². The van der Waals surface area contributed by atoms with E-state index in [1.54, 1.807) is 6.92 Å². The molecule has 8 heteroatoms. The summed E-state index contributed by atoms with van der Waals surface area (Å²) < 4.78 is 10.9. The molecule has 0 aliphatic rings. The minimum Gasteiger partial charge on any atom is -0.484 e. The summed E-state index contributed by atoms with van der Waals surface area (Å²) in [6, 6.07) is 11.8. The van der Waals surface area contributed by atoms with Gasteiger partial charge in [-0.2, -0.15) is 0 Å². The van der Waals surface area contributed by atoms with Crippen LogP contribution in [0.15, 0.2) is 41.8 Å². The van der Waals surface area contributed by atoms with E-state index in [0.717, 1.165) is 22.3 Å². The van der Waals surface area contributed by atoms with Crippen LogP contribution >= 0.6 is 23.6 Å². The maximum absolute atomic E-state index is 12.8. The molecule has 0 saturated carbocycles. The number of rotatable bonds is 8. The summed E-state index contributed by atoms with van der Waals surface area (Å²) in [5, 5.41) is 8.07. The monoisotopic (exact) mass is 524 g/mol. The van der Waals surface area contributed by atoms with Gasteiger partial charge in [0.1, 0.15) is 16.3 Å². The predicted molar refractivity (Wildman–Crippen MR) is 150 cm³/mol. The third-order valence-corrected chi connectivity index (χ3v) is 6.90. The van der Waals surface area contributed by atoms with Gasteiger partial charge in [0.15, 0.2) is 11.7 Å². The van der Waals surface area contributed by atoms with Gasteiger partial charge >= 0.3 is 5.97 Å². The van der Waals surface area contributed by atoms with Crippen molar-refractivity contribution in [3.63, 3.8) is 0 Å². The van der Waals surface area contributed by atoms with Crippen molar-refractivity contribution in [2.24, 2.45) is 0 Å². The lowest BCUT2D eigenvalue weighted by atomic mass is 9.98. The summed E-state index contributed by atoms with van der Waals surface area (Å²) in [5.74, 6) is 0.179. The number of esters is 1. The first kappa shape index (κ1) is 27.4. The van der Waals surface area contributed by atoms with Crippen LogP contribution in [0.5, 0.6) is 5.75 Å². The van der Waals surface area contributed by atoms with Gasteiger partial charge in [0.2, 0.25) is 0 Å². The Labute approximate surface area is 222 Å². The second-order valence-corrected chi connectivity index (χ2v) is 10.1. The molecular weight excluding hydrogens is 492 g/mol. The molecule has 0 fully saturated rings.